The average molecular weight is 436 g/mol. The predicted octanol–water partition coefficient (Wildman–Crippen LogP) is 3.45. The molecule has 0 aliphatic carbocycles. The molecule has 0 fully saturated rings. The van der Waals surface area contributed by atoms with E-state index in [0.29, 0.717) is 17.7 Å². The second kappa shape index (κ2) is 10.0. The zero-order chi connectivity index (χ0) is 19.2. The maximum Gasteiger partial charge on any atom is 0.263 e. The molecule has 1 amide bonds. The number of hydrogen-bond donors (Lipinski definition) is 1. The first-order valence-corrected chi connectivity index (χ1v) is 9.30. The first-order valence-electron chi connectivity index (χ1n) is 9.30. The lowest BCUT2D eigenvalue weighted by Crippen LogP contribution is -2.52. The van der Waals surface area contributed by atoms with Gasteiger partial charge in [0.2, 0.25) is 0 Å². The number of carbonyl (C=O) groups is 1. The highest BCUT2D eigenvalue weighted by Gasteiger charge is 2.42. The van der Waals surface area contributed by atoms with Gasteiger partial charge >= 0.3 is 0 Å². The summed E-state index contributed by atoms with van der Waals surface area (Å²) in [6.45, 7) is 7.80. The number of nitrogens with zero attached hydrogens (tertiary/aromatic N) is 2. The van der Waals surface area contributed by atoms with Crippen molar-refractivity contribution < 1.29 is 14.4 Å². The van der Waals surface area contributed by atoms with E-state index in [-0.39, 0.29) is 22.9 Å². The highest BCUT2D eigenvalue weighted by Crippen LogP contribution is 2.31. The van der Waals surface area contributed by atoms with Crippen molar-refractivity contribution in [1.29, 1.82) is 0 Å². The molecule has 1 N–H and O–H groups in total. The molecule has 0 aliphatic heterocycles. The van der Waals surface area contributed by atoms with E-state index in [0.717, 1.165) is 24.1 Å². The molecule has 0 radical (unpaired) electrons. The molecule has 0 saturated carbocycles. The van der Waals surface area contributed by atoms with Crippen LogP contribution >= 0.6 is 17.0 Å². The molecule has 2 aromatic carbocycles. The third-order valence-electron chi connectivity index (χ3n) is 5.54. The van der Waals surface area contributed by atoms with Crippen LogP contribution in [0.15, 0.2) is 60.7 Å². The van der Waals surface area contributed by atoms with Gasteiger partial charge in [0.05, 0.1) is 33.2 Å². The maximum atomic E-state index is 13.3. The molecule has 4 nitrogen and oxygen atoms in total. The first-order chi connectivity index (χ1) is 12.4. The molecule has 0 atom stereocenters. The lowest BCUT2D eigenvalue weighted by Gasteiger charge is -2.36. The molecular formula is C22H32BrN2O2+. The molecule has 0 bridgehead atoms. The van der Waals surface area contributed by atoms with E-state index >= 15 is 0 Å². The van der Waals surface area contributed by atoms with Crippen LogP contribution in [-0.4, -0.2) is 60.7 Å². The van der Waals surface area contributed by atoms with Crippen molar-refractivity contribution in [1.82, 2.24) is 4.90 Å². The molecule has 2 rings (SSSR count). The fraction of sp³-hybridized carbons (Fsp3) is 0.409. The number of hydrogen-bond acceptors (Lipinski definition) is 2. The fourth-order valence-corrected chi connectivity index (χ4v) is 3.08. The predicted molar refractivity (Wildman–Crippen MR) is 116 cm³/mol. The minimum absolute atomic E-state index is 0. The Morgan fingerprint density at radius 1 is 0.963 bits per heavy atom. The lowest BCUT2D eigenvalue weighted by atomic mass is 9.85. The molecule has 0 saturated heterocycles. The summed E-state index contributed by atoms with van der Waals surface area (Å²) in [5.41, 5.74) is -0.503. The largest absolute Gasteiger partial charge is 0.372 e. The Morgan fingerprint density at radius 3 is 1.74 bits per heavy atom. The Balaban J connectivity index is 0.00000364. The van der Waals surface area contributed by atoms with Crippen LogP contribution in [0, 0.1) is 0 Å². The number of carbonyl (C=O) groups excluding carboxylic acids is 1. The second-order valence-corrected chi connectivity index (χ2v) is 7.14. The monoisotopic (exact) mass is 435 g/mol. The molecule has 0 aromatic heterocycles. The van der Waals surface area contributed by atoms with Crippen LogP contribution in [0.5, 0.6) is 0 Å². The maximum absolute atomic E-state index is 13.3. The molecule has 2 aromatic rings. The van der Waals surface area contributed by atoms with E-state index < -0.39 is 5.60 Å². The van der Waals surface area contributed by atoms with E-state index in [9.17, 15) is 9.90 Å². The fourth-order valence-electron chi connectivity index (χ4n) is 3.08. The number of halogens is 1. The molecule has 0 unspecified atom stereocenters. The summed E-state index contributed by atoms with van der Waals surface area (Å²) in [7, 11) is 3.97. The van der Waals surface area contributed by atoms with Crippen LogP contribution in [0.1, 0.15) is 25.0 Å². The van der Waals surface area contributed by atoms with Gasteiger partial charge in [-0.25, -0.2) is 0 Å². The summed E-state index contributed by atoms with van der Waals surface area (Å²) in [6.07, 6.45) is 0. The highest BCUT2D eigenvalue weighted by atomic mass is 79.9. The second-order valence-electron chi connectivity index (χ2n) is 7.14. The van der Waals surface area contributed by atoms with Gasteiger partial charge in [-0.05, 0) is 25.0 Å². The van der Waals surface area contributed by atoms with E-state index in [2.05, 4.69) is 20.9 Å². The summed E-state index contributed by atoms with van der Waals surface area (Å²) in [5.74, 6) is -0.298. The summed E-state index contributed by atoms with van der Waals surface area (Å²) >= 11 is 0. The molecule has 0 spiro atoms. The van der Waals surface area contributed by atoms with E-state index in [1.807, 2.05) is 36.4 Å². The molecule has 27 heavy (non-hydrogen) atoms. The normalized spacial score (nSPS) is 11.6. The third kappa shape index (κ3) is 5.18. The van der Waals surface area contributed by atoms with Crippen LogP contribution in [0.4, 0.5) is 0 Å². The average Bonchev–Trinajstić information content (AvgIpc) is 2.71. The van der Waals surface area contributed by atoms with Gasteiger partial charge in [-0.2, -0.15) is 0 Å². The standard InChI is InChI=1S/C22H31N2O2.BrH/c1-5-24(4,6-2)18-17-23(3)21(25)22(26,19-13-9-7-10-14-19)20-15-11-8-12-16-20;/h7-16,26H,5-6,17-18H2,1-4H3;1H/q+1;. The minimum atomic E-state index is -1.68. The van der Waals surface area contributed by atoms with Gasteiger partial charge in [0.1, 0.15) is 0 Å². The molecule has 148 valence electrons. The SMILES string of the molecule is Br.CC[N+](C)(CC)CCN(C)C(=O)C(O)(c1ccccc1)c1ccccc1. The number of likely N-dealkylation sites (N-methyl/N-ethyl adjacent to an activating group) is 2. The molecule has 0 heterocycles. The lowest BCUT2D eigenvalue weighted by molar-refractivity contribution is -0.905. The molecule has 0 aliphatic rings. The first kappa shape index (κ1) is 23.3. The van der Waals surface area contributed by atoms with Crippen LogP contribution in [0.2, 0.25) is 0 Å². The van der Waals surface area contributed by atoms with Gasteiger partial charge in [-0.1, -0.05) is 60.7 Å². The zero-order valence-electron chi connectivity index (χ0n) is 16.8. The van der Waals surface area contributed by atoms with Gasteiger partial charge in [-0.3, -0.25) is 4.79 Å². The van der Waals surface area contributed by atoms with Crippen molar-refractivity contribution >= 4 is 22.9 Å². The van der Waals surface area contributed by atoms with E-state index in [4.69, 9.17) is 0 Å². The number of quaternary nitrogens is 1. The summed E-state index contributed by atoms with van der Waals surface area (Å²) in [4.78, 5) is 15.0. The van der Waals surface area contributed by atoms with Crippen molar-refractivity contribution in [3.05, 3.63) is 71.8 Å². The Kier molecular flexibility index (Phi) is 8.66. The van der Waals surface area contributed by atoms with Gasteiger partial charge in [0, 0.05) is 7.05 Å². The van der Waals surface area contributed by atoms with Crippen molar-refractivity contribution in [2.24, 2.45) is 0 Å². The van der Waals surface area contributed by atoms with Crippen molar-refractivity contribution in [2.45, 2.75) is 19.4 Å². The highest BCUT2D eigenvalue weighted by molar-refractivity contribution is 8.93. The Hall–Kier alpha value is -1.69. The zero-order valence-corrected chi connectivity index (χ0v) is 18.5. The third-order valence-corrected chi connectivity index (χ3v) is 5.54. The van der Waals surface area contributed by atoms with Gasteiger partial charge < -0.3 is 14.5 Å². The summed E-state index contributed by atoms with van der Waals surface area (Å²) < 4.78 is 0.896. The number of amides is 1. The number of rotatable bonds is 8. The van der Waals surface area contributed by atoms with Gasteiger partial charge in [0.25, 0.3) is 5.91 Å². The molecule has 5 heteroatoms. The number of benzene rings is 2. The van der Waals surface area contributed by atoms with Crippen molar-refractivity contribution in [2.75, 3.05) is 40.3 Å². The Bertz CT molecular complexity index is 663. The number of aliphatic hydroxyl groups is 1. The van der Waals surface area contributed by atoms with E-state index in [1.54, 1.807) is 36.2 Å². The van der Waals surface area contributed by atoms with Crippen LogP contribution in [0.25, 0.3) is 0 Å². The minimum Gasteiger partial charge on any atom is -0.372 e. The Labute approximate surface area is 173 Å². The van der Waals surface area contributed by atoms with Gasteiger partial charge in [0.15, 0.2) is 5.60 Å². The summed E-state index contributed by atoms with van der Waals surface area (Å²) in [6, 6.07) is 18.4. The van der Waals surface area contributed by atoms with Crippen molar-refractivity contribution in [3.8, 4) is 0 Å². The van der Waals surface area contributed by atoms with Crippen LogP contribution in [-0.2, 0) is 10.4 Å². The van der Waals surface area contributed by atoms with Gasteiger partial charge in [-0.15, -0.1) is 17.0 Å². The van der Waals surface area contributed by atoms with Crippen LogP contribution < -0.4 is 0 Å². The quantitative estimate of drug-likeness (QED) is 0.645. The van der Waals surface area contributed by atoms with E-state index in [1.165, 1.54) is 0 Å². The van der Waals surface area contributed by atoms with Crippen molar-refractivity contribution in [3.63, 3.8) is 0 Å². The Morgan fingerprint density at radius 2 is 1.37 bits per heavy atom. The summed E-state index contributed by atoms with van der Waals surface area (Å²) in [5, 5.41) is 11.5. The van der Waals surface area contributed by atoms with Crippen LogP contribution in [0.3, 0.4) is 0 Å². The molecular weight excluding hydrogens is 404 g/mol. The topological polar surface area (TPSA) is 40.5 Å². The smallest absolute Gasteiger partial charge is 0.263 e.